The van der Waals surface area contributed by atoms with Crippen LogP contribution in [0.25, 0.3) is 0 Å². The largest absolute Gasteiger partial charge is 0.493 e. The van der Waals surface area contributed by atoms with E-state index in [0.717, 1.165) is 41.4 Å². The first-order valence-electron chi connectivity index (χ1n) is 12.2. The number of methoxy groups -OCH3 is 2. The maximum absolute atomic E-state index is 5.44. The van der Waals surface area contributed by atoms with Crippen LogP contribution in [0.5, 0.6) is 11.5 Å². The average Bonchev–Trinajstić information content (AvgIpc) is 3.23. The van der Waals surface area contributed by atoms with Gasteiger partial charge in [0.15, 0.2) is 11.5 Å². The summed E-state index contributed by atoms with van der Waals surface area (Å²) in [5.41, 5.74) is 3.51. The molecule has 0 unspecified atom stereocenters. The predicted molar refractivity (Wildman–Crippen MR) is 127 cm³/mol. The molecular weight excluding hydrogens is 382 g/mol. The van der Waals surface area contributed by atoms with Gasteiger partial charge in [-0.2, -0.15) is 0 Å². The molecule has 3 heteroatoms. The number of ether oxygens (including phenoxy) is 2. The van der Waals surface area contributed by atoms with Crippen molar-refractivity contribution < 1.29 is 9.47 Å². The van der Waals surface area contributed by atoms with E-state index in [1.54, 1.807) is 19.8 Å². The third-order valence-corrected chi connectivity index (χ3v) is 9.19. The maximum Gasteiger partial charge on any atom is 0.162 e. The van der Waals surface area contributed by atoms with Gasteiger partial charge < -0.3 is 9.47 Å². The predicted octanol–water partition coefficient (Wildman–Crippen LogP) is 7.30. The molecule has 0 saturated heterocycles. The standard InChI is InChI=1S/C28H37NO2/c1-27-14-5-4-7-20(27)9-11-22-23(27)13-16-28(15-6-8-24(22)28)17-18-29-21-10-12-25(30-2)26(19-21)31-3/h6,9-10,12,15,18-19,22-24H,4-5,7-8,11,13-14,16-17H2,1-3H3/b29-18-/t22-,23+,24+,27+,28+/m1/s1. The van der Waals surface area contributed by atoms with Gasteiger partial charge in [-0.05, 0) is 92.1 Å². The molecule has 4 aliphatic carbocycles. The summed E-state index contributed by atoms with van der Waals surface area (Å²) in [6.45, 7) is 2.60. The lowest BCUT2D eigenvalue weighted by atomic mass is 9.47. The number of fused-ring (bicyclic) bond motifs is 5. The molecule has 1 aromatic rings. The first kappa shape index (κ1) is 20.8. The number of nitrogens with zero attached hydrogens (tertiary/aromatic N) is 1. The molecule has 0 amide bonds. The number of rotatable bonds is 5. The Balaban J connectivity index is 1.34. The van der Waals surface area contributed by atoms with Gasteiger partial charge in [-0.1, -0.05) is 37.1 Å². The molecule has 166 valence electrons. The molecule has 0 bridgehead atoms. The number of allylic oxidation sites excluding steroid dienone is 4. The van der Waals surface area contributed by atoms with Crippen LogP contribution in [0.3, 0.4) is 0 Å². The molecule has 31 heavy (non-hydrogen) atoms. The van der Waals surface area contributed by atoms with Gasteiger partial charge in [-0.25, -0.2) is 0 Å². The average molecular weight is 420 g/mol. The van der Waals surface area contributed by atoms with E-state index < -0.39 is 0 Å². The Hall–Kier alpha value is -2.03. The van der Waals surface area contributed by atoms with Crippen molar-refractivity contribution in [1.82, 2.24) is 0 Å². The van der Waals surface area contributed by atoms with Crippen LogP contribution in [0.1, 0.15) is 64.7 Å². The first-order valence-corrected chi connectivity index (χ1v) is 12.2. The van der Waals surface area contributed by atoms with Crippen molar-refractivity contribution >= 4 is 11.9 Å². The minimum atomic E-state index is 0.303. The second kappa shape index (κ2) is 8.15. The van der Waals surface area contributed by atoms with Gasteiger partial charge in [0, 0.05) is 12.3 Å². The highest BCUT2D eigenvalue weighted by Gasteiger charge is 2.55. The number of hydrogen-bond donors (Lipinski definition) is 0. The Labute approximate surface area is 187 Å². The van der Waals surface area contributed by atoms with Crippen LogP contribution >= 0.6 is 0 Å². The van der Waals surface area contributed by atoms with Crippen LogP contribution in [-0.4, -0.2) is 20.4 Å². The highest BCUT2D eigenvalue weighted by Crippen LogP contribution is 2.64. The van der Waals surface area contributed by atoms with E-state index in [1.807, 2.05) is 18.2 Å². The summed E-state index contributed by atoms with van der Waals surface area (Å²) in [5.74, 6) is 3.98. The summed E-state index contributed by atoms with van der Waals surface area (Å²) in [7, 11) is 3.34. The maximum atomic E-state index is 5.44. The second-order valence-corrected chi connectivity index (χ2v) is 10.4. The van der Waals surface area contributed by atoms with Crippen LogP contribution in [0, 0.1) is 28.6 Å². The van der Waals surface area contributed by atoms with Crippen molar-refractivity contribution in [2.45, 2.75) is 64.7 Å². The molecule has 5 rings (SSSR count). The van der Waals surface area contributed by atoms with Crippen LogP contribution < -0.4 is 9.47 Å². The molecule has 3 nitrogen and oxygen atoms in total. The first-order chi connectivity index (χ1) is 15.1. The molecule has 0 spiro atoms. The Morgan fingerprint density at radius 1 is 1.06 bits per heavy atom. The molecule has 2 fully saturated rings. The Morgan fingerprint density at radius 2 is 1.94 bits per heavy atom. The van der Waals surface area contributed by atoms with Crippen LogP contribution in [0.15, 0.2) is 47.0 Å². The molecule has 0 aromatic heterocycles. The Bertz CT molecular complexity index is 916. The molecule has 0 aliphatic heterocycles. The molecule has 0 heterocycles. The fourth-order valence-corrected chi connectivity index (χ4v) is 7.55. The quantitative estimate of drug-likeness (QED) is 0.370. The van der Waals surface area contributed by atoms with Gasteiger partial charge >= 0.3 is 0 Å². The smallest absolute Gasteiger partial charge is 0.162 e. The zero-order valence-corrected chi connectivity index (χ0v) is 19.4. The lowest BCUT2D eigenvalue weighted by Crippen LogP contribution is -2.49. The van der Waals surface area contributed by atoms with Crippen molar-refractivity contribution in [1.29, 1.82) is 0 Å². The lowest BCUT2D eigenvalue weighted by molar-refractivity contribution is -0.0170. The third kappa shape index (κ3) is 3.45. The third-order valence-electron chi connectivity index (χ3n) is 9.19. The van der Waals surface area contributed by atoms with E-state index in [9.17, 15) is 0 Å². The number of benzene rings is 1. The normalized spacial score (nSPS) is 36.5. The van der Waals surface area contributed by atoms with Crippen molar-refractivity contribution in [3.8, 4) is 11.5 Å². The topological polar surface area (TPSA) is 30.8 Å². The number of aliphatic imine (C=N–C) groups is 1. The fraction of sp³-hybridized carbons (Fsp3) is 0.607. The van der Waals surface area contributed by atoms with E-state index in [2.05, 4.69) is 31.4 Å². The van der Waals surface area contributed by atoms with Gasteiger partial charge in [0.05, 0.1) is 19.9 Å². The minimum absolute atomic E-state index is 0.303. The highest BCUT2D eigenvalue weighted by molar-refractivity contribution is 5.66. The van der Waals surface area contributed by atoms with Gasteiger partial charge in [0.1, 0.15) is 0 Å². The zero-order valence-electron chi connectivity index (χ0n) is 19.4. The van der Waals surface area contributed by atoms with E-state index in [0.29, 0.717) is 10.8 Å². The van der Waals surface area contributed by atoms with Crippen molar-refractivity contribution in [2.75, 3.05) is 14.2 Å². The van der Waals surface area contributed by atoms with E-state index in [-0.39, 0.29) is 0 Å². The Morgan fingerprint density at radius 3 is 2.77 bits per heavy atom. The fourth-order valence-electron chi connectivity index (χ4n) is 7.55. The second-order valence-electron chi connectivity index (χ2n) is 10.4. The van der Waals surface area contributed by atoms with E-state index in [4.69, 9.17) is 14.5 Å². The monoisotopic (exact) mass is 419 g/mol. The van der Waals surface area contributed by atoms with E-state index >= 15 is 0 Å². The lowest BCUT2D eigenvalue weighted by Gasteiger charge is -2.57. The highest BCUT2D eigenvalue weighted by atomic mass is 16.5. The molecule has 2 saturated carbocycles. The van der Waals surface area contributed by atoms with Crippen LogP contribution in [0.4, 0.5) is 5.69 Å². The Kier molecular flexibility index (Phi) is 5.48. The minimum Gasteiger partial charge on any atom is -0.493 e. The number of hydrogen-bond acceptors (Lipinski definition) is 3. The molecule has 4 aliphatic rings. The molecular formula is C28H37NO2. The molecule has 0 radical (unpaired) electrons. The van der Waals surface area contributed by atoms with Crippen molar-refractivity contribution in [3.63, 3.8) is 0 Å². The van der Waals surface area contributed by atoms with Gasteiger partial charge in [0.25, 0.3) is 0 Å². The van der Waals surface area contributed by atoms with Crippen molar-refractivity contribution in [2.24, 2.45) is 33.6 Å². The van der Waals surface area contributed by atoms with Crippen LogP contribution in [0.2, 0.25) is 0 Å². The van der Waals surface area contributed by atoms with E-state index in [1.165, 1.54) is 51.4 Å². The zero-order chi connectivity index (χ0) is 21.5. The summed E-state index contributed by atoms with van der Waals surface area (Å²) < 4.78 is 10.8. The molecule has 1 aromatic carbocycles. The van der Waals surface area contributed by atoms with Crippen molar-refractivity contribution in [3.05, 3.63) is 42.0 Å². The van der Waals surface area contributed by atoms with Gasteiger partial charge in [-0.3, -0.25) is 4.99 Å². The van der Waals surface area contributed by atoms with Gasteiger partial charge in [0.2, 0.25) is 0 Å². The van der Waals surface area contributed by atoms with Crippen LogP contribution in [-0.2, 0) is 0 Å². The molecule has 5 atom stereocenters. The SMILES string of the molecule is COc1ccc(/N=C\C[C@@]23C=CC[C@H]2[C@@H]2CC=C4CCCC[C@]4(C)[C@H]2CC3)cc1OC. The summed E-state index contributed by atoms with van der Waals surface area (Å²) in [5, 5.41) is 0. The summed E-state index contributed by atoms with van der Waals surface area (Å²) in [6, 6.07) is 5.90. The molecule has 0 N–H and O–H groups in total. The summed E-state index contributed by atoms with van der Waals surface area (Å²) in [4.78, 5) is 4.82. The van der Waals surface area contributed by atoms with Gasteiger partial charge in [-0.15, -0.1) is 0 Å². The summed E-state index contributed by atoms with van der Waals surface area (Å²) >= 11 is 0. The summed E-state index contributed by atoms with van der Waals surface area (Å²) in [6.07, 6.45) is 21.7.